The average molecular weight is 442 g/mol. The van der Waals surface area contributed by atoms with Crippen molar-refractivity contribution < 1.29 is 14.3 Å². The molecule has 0 aliphatic rings. The SMILES string of the molecule is COc1ccccc1OCc1nnc(SCC(=O)Nc2nc3ccccc3s2)n1C. The van der Waals surface area contributed by atoms with E-state index < -0.39 is 0 Å². The maximum atomic E-state index is 12.3. The lowest BCUT2D eigenvalue weighted by Crippen LogP contribution is -2.14. The Balaban J connectivity index is 1.33. The van der Waals surface area contributed by atoms with E-state index >= 15 is 0 Å². The van der Waals surface area contributed by atoms with Crippen molar-refractivity contribution in [3.8, 4) is 11.5 Å². The molecule has 0 bridgehead atoms. The van der Waals surface area contributed by atoms with E-state index in [9.17, 15) is 4.79 Å². The number of benzene rings is 2. The average Bonchev–Trinajstić information content (AvgIpc) is 3.33. The van der Waals surface area contributed by atoms with E-state index in [1.54, 1.807) is 7.11 Å². The maximum Gasteiger partial charge on any atom is 0.236 e. The molecule has 1 amide bonds. The van der Waals surface area contributed by atoms with Crippen molar-refractivity contribution in [1.29, 1.82) is 0 Å². The quantitative estimate of drug-likeness (QED) is 0.417. The number of rotatable bonds is 8. The van der Waals surface area contributed by atoms with Crippen molar-refractivity contribution >= 4 is 44.4 Å². The third kappa shape index (κ3) is 4.55. The van der Waals surface area contributed by atoms with Crippen LogP contribution in [0.2, 0.25) is 0 Å². The van der Waals surface area contributed by atoms with Gasteiger partial charge in [-0.15, -0.1) is 10.2 Å². The number of carbonyl (C=O) groups excluding carboxylic acids is 1. The van der Waals surface area contributed by atoms with Crippen molar-refractivity contribution in [2.75, 3.05) is 18.2 Å². The van der Waals surface area contributed by atoms with E-state index in [4.69, 9.17) is 9.47 Å². The molecule has 4 aromatic rings. The zero-order valence-electron chi connectivity index (χ0n) is 16.4. The minimum atomic E-state index is -0.145. The molecule has 0 aliphatic carbocycles. The summed E-state index contributed by atoms with van der Waals surface area (Å²) >= 11 is 2.76. The first kappa shape index (κ1) is 20.2. The lowest BCUT2D eigenvalue weighted by molar-refractivity contribution is -0.113. The molecule has 154 valence electrons. The van der Waals surface area contributed by atoms with Crippen molar-refractivity contribution in [2.24, 2.45) is 7.05 Å². The number of amides is 1. The van der Waals surface area contributed by atoms with Gasteiger partial charge < -0.3 is 19.4 Å². The summed E-state index contributed by atoms with van der Waals surface area (Å²) in [6.07, 6.45) is 0. The third-order valence-corrected chi connectivity index (χ3v) is 6.20. The summed E-state index contributed by atoms with van der Waals surface area (Å²) in [5, 5.41) is 12.4. The number of nitrogens with zero attached hydrogens (tertiary/aromatic N) is 4. The maximum absolute atomic E-state index is 12.3. The third-order valence-electron chi connectivity index (χ3n) is 4.22. The lowest BCUT2D eigenvalue weighted by Gasteiger charge is -2.10. The number of carbonyl (C=O) groups is 1. The number of ether oxygens (including phenoxy) is 2. The summed E-state index contributed by atoms with van der Waals surface area (Å²) in [5.74, 6) is 1.99. The Kier molecular flexibility index (Phi) is 6.15. The Hall–Kier alpha value is -3.11. The molecular weight excluding hydrogens is 422 g/mol. The predicted molar refractivity (Wildman–Crippen MR) is 117 cm³/mol. The van der Waals surface area contributed by atoms with Crippen LogP contribution in [0.1, 0.15) is 5.82 Å². The number of para-hydroxylation sites is 3. The zero-order valence-corrected chi connectivity index (χ0v) is 18.0. The molecule has 0 fully saturated rings. The van der Waals surface area contributed by atoms with Crippen LogP contribution in [0.4, 0.5) is 5.13 Å². The van der Waals surface area contributed by atoms with Crippen LogP contribution in [0.25, 0.3) is 10.2 Å². The van der Waals surface area contributed by atoms with Gasteiger partial charge in [0.25, 0.3) is 0 Å². The van der Waals surface area contributed by atoms with Crippen molar-refractivity contribution in [3.63, 3.8) is 0 Å². The molecule has 1 N–H and O–H groups in total. The van der Waals surface area contributed by atoms with Crippen LogP contribution in [0.3, 0.4) is 0 Å². The summed E-state index contributed by atoms with van der Waals surface area (Å²) in [7, 11) is 3.44. The van der Waals surface area contributed by atoms with Gasteiger partial charge >= 0.3 is 0 Å². The summed E-state index contributed by atoms with van der Waals surface area (Å²) in [6, 6.07) is 15.2. The van der Waals surface area contributed by atoms with Crippen LogP contribution in [-0.2, 0) is 18.4 Å². The number of methoxy groups -OCH3 is 1. The van der Waals surface area contributed by atoms with Gasteiger partial charge in [0.1, 0.15) is 6.61 Å². The molecule has 2 heterocycles. The Bertz CT molecular complexity index is 1140. The molecule has 0 radical (unpaired) electrons. The second-order valence-corrected chi connectivity index (χ2v) is 8.19. The van der Waals surface area contributed by atoms with Crippen LogP contribution in [0, 0.1) is 0 Å². The van der Waals surface area contributed by atoms with Crippen LogP contribution in [-0.4, -0.2) is 38.5 Å². The van der Waals surface area contributed by atoms with Gasteiger partial charge in [0.2, 0.25) is 5.91 Å². The van der Waals surface area contributed by atoms with Crippen LogP contribution < -0.4 is 14.8 Å². The molecule has 30 heavy (non-hydrogen) atoms. The van der Waals surface area contributed by atoms with Gasteiger partial charge in [0, 0.05) is 7.05 Å². The number of thioether (sulfide) groups is 1. The first-order valence-corrected chi connectivity index (χ1v) is 10.9. The van der Waals surface area contributed by atoms with Crippen molar-refractivity contribution in [1.82, 2.24) is 19.7 Å². The fourth-order valence-electron chi connectivity index (χ4n) is 2.69. The standard InChI is InChI=1S/C20H19N5O3S2/c1-25-17(11-28-15-9-5-4-8-14(15)27-2)23-24-20(25)29-12-18(26)22-19-21-13-7-3-6-10-16(13)30-19/h3-10H,11-12H2,1-2H3,(H,21,22,26). The van der Waals surface area contributed by atoms with Gasteiger partial charge in [-0.3, -0.25) is 4.79 Å². The molecule has 2 aromatic heterocycles. The summed E-state index contributed by atoms with van der Waals surface area (Å²) in [6.45, 7) is 0.238. The number of thiazole rings is 1. The minimum absolute atomic E-state index is 0.145. The molecule has 0 spiro atoms. The van der Waals surface area contributed by atoms with Gasteiger partial charge in [-0.1, -0.05) is 47.4 Å². The van der Waals surface area contributed by atoms with Gasteiger partial charge in [-0.25, -0.2) is 4.98 Å². The van der Waals surface area contributed by atoms with Crippen LogP contribution in [0.15, 0.2) is 53.7 Å². The Morgan fingerprint density at radius 3 is 2.70 bits per heavy atom. The molecule has 0 saturated heterocycles. The molecular formula is C20H19N5O3S2. The normalized spacial score (nSPS) is 10.9. The summed E-state index contributed by atoms with van der Waals surface area (Å²) in [5.41, 5.74) is 0.874. The van der Waals surface area contributed by atoms with Crippen molar-refractivity contribution in [3.05, 3.63) is 54.4 Å². The number of anilines is 1. The highest BCUT2D eigenvalue weighted by Crippen LogP contribution is 2.27. The minimum Gasteiger partial charge on any atom is -0.493 e. The van der Waals surface area contributed by atoms with E-state index in [2.05, 4.69) is 20.5 Å². The highest BCUT2D eigenvalue weighted by molar-refractivity contribution is 7.99. The van der Waals surface area contributed by atoms with Crippen LogP contribution in [0.5, 0.6) is 11.5 Å². The van der Waals surface area contributed by atoms with Crippen LogP contribution >= 0.6 is 23.1 Å². The lowest BCUT2D eigenvalue weighted by atomic mass is 10.3. The first-order chi connectivity index (χ1) is 14.6. The fourth-order valence-corrected chi connectivity index (χ4v) is 4.30. The molecule has 10 heteroatoms. The molecule has 0 atom stereocenters. The number of hydrogen-bond acceptors (Lipinski definition) is 8. The van der Waals surface area contributed by atoms with E-state index in [0.717, 1.165) is 10.2 Å². The Labute approximate surface area is 181 Å². The van der Waals surface area contributed by atoms with Gasteiger partial charge in [0.15, 0.2) is 27.6 Å². The predicted octanol–water partition coefficient (Wildman–Crippen LogP) is 3.74. The Morgan fingerprint density at radius 1 is 1.13 bits per heavy atom. The number of nitrogens with one attached hydrogen (secondary N) is 1. The first-order valence-electron chi connectivity index (χ1n) is 9.06. The number of fused-ring (bicyclic) bond motifs is 1. The smallest absolute Gasteiger partial charge is 0.236 e. The summed E-state index contributed by atoms with van der Waals surface area (Å²) < 4.78 is 13.9. The van der Waals surface area contributed by atoms with Crippen molar-refractivity contribution in [2.45, 2.75) is 11.8 Å². The van der Waals surface area contributed by atoms with Gasteiger partial charge in [-0.05, 0) is 24.3 Å². The van der Waals surface area contributed by atoms with E-state index in [-0.39, 0.29) is 18.3 Å². The second kappa shape index (κ2) is 9.14. The molecule has 0 unspecified atom stereocenters. The molecule has 8 nitrogen and oxygen atoms in total. The van der Waals surface area contributed by atoms with E-state index in [1.165, 1.54) is 23.1 Å². The molecule has 2 aromatic carbocycles. The second-order valence-electron chi connectivity index (χ2n) is 6.22. The molecule has 0 aliphatic heterocycles. The Morgan fingerprint density at radius 2 is 1.90 bits per heavy atom. The molecule has 4 rings (SSSR count). The fraction of sp³-hybridized carbons (Fsp3) is 0.200. The molecule has 0 saturated carbocycles. The highest BCUT2D eigenvalue weighted by atomic mass is 32.2. The zero-order chi connectivity index (χ0) is 20.9. The highest BCUT2D eigenvalue weighted by Gasteiger charge is 2.14. The van der Waals surface area contributed by atoms with Gasteiger partial charge in [0.05, 0.1) is 23.1 Å². The number of hydrogen-bond donors (Lipinski definition) is 1. The number of aromatic nitrogens is 4. The van der Waals surface area contributed by atoms with E-state index in [1.807, 2.05) is 60.1 Å². The summed E-state index contributed by atoms with van der Waals surface area (Å²) in [4.78, 5) is 16.7. The largest absolute Gasteiger partial charge is 0.493 e. The van der Waals surface area contributed by atoms with Gasteiger partial charge in [-0.2, -0.15) is 0 Å². The topological polar surface area (TPSA) is 91.2 Å². The van der Waals surface area contributed by atoms with E-state index in [0.29, 0.717) is 27.6 Å². The monoisotopic (exact) mass is 441 g/mol.